The van der Waals surface area contributed by atoms with E-state index in [1.807, 2.05) is 60.0 Å². The van der Waals surface area contributed by atoms with Gasteiger partial charge in [0.15, 0.2) is 4.34 Å². The van der Waals surface area contributed by atoms with Gasteiger partial charge in [0.05, 0.1) is 11.4 Å². The maximum absolute atomic E-state index is 11.9. The first-order valence-corrected chi connectivity index (χ1v) is 9.14. The summed E-state index contributed by atoms with van der Waals surface area (Å²) in [5.41, 5.74) is 2.72. The number of nitrogens with zero attached hydrogens (tertiary/aromatic N) is 1. The van der Waals surface area contributed by atoms with Crippen LogP contribution >= 0.6 is 34.7 Å². The summed E-state index contributed by atoms with van der Waals surface area (Å²) in [5.74, 6) is 0.298. The molecule has 3 aromatic rings. The Morgan fingerprint density at radius 3 is 2.61 bits per heavy atom. The molecule has 23 heavy (non-hydrogen) atoms. The smallest absolute Gasteiger partial charge is 0.234 e. The largest absolute Gasteiger partial charge is 0.325 e. The molecule has 6 heteroatoms. The third kappa shape index (κ3) is 4.58. The van der Waals surface area contributed by atoms with Crippen LogP contribution in [-0.4, -0.2) is 16.6 Å². The number of carbonyl (C=O) groups excluding carboxylic acids is 1. The molecule has 1 N–H and O–H groups in total. The molecule has 3 rings (SSSR count). The number of aromatic nitrogens is 1. The standard InChI is InChI=1S/C17H13ClN2OS2/c18-13-8-6-12(7-9-13)15-10-22-17(20-15)23-11-16(21)19-14-4-2-1-3-5-14/h1-10H,11H2,(H,19,21). The molecule has 0 bridgehead atoms. The second kappa shape index (κ2) is 7.64. The van der Waals surface area contributed by atoms with E-state index in [0.29, 0.717) is 10.8 Å². The molecule has 3 nitrogen and oxygen atoms in total. The van der Waals surface area contributed by atoms with Crippen LogP contribution in [0.15, 0.2) is 64.3 Å². The Bertz CT molecular complexity index is 788. The molecule has 0 unspecified atom stereocenters. The number of benzene rings is 2. The normalized spacial score (nSPS) is 10.5. The molecule has 0 fully saturated rings. The van der Waals surface area contributed by atoms with Gasteiger partial charge in [-0.15, -0.1) is 11.3 Å². The van der Waals surface area contributed by atoms with Crippen molar-refractivity contribution < 1.29 is 4.79 Å². The van der Waals surface area contributed by atoms with E-state index < -0.39 is 0 Å². The average Bonchev–Trinajstić information content (AvgIpc) is 3.04. The fourth-order valence-corrected chi connectivity index (χ4v) is 3.68. The minimum Gasteiger partial charge on any atom is -0.325 e. The zero-order valence-electron chi connectivity index (χ0n) is 12.0. The maximum atomic E-state index is 11.9. The van der Waals surface area contributed by atoms with Crippen LogP contribution in [0.4, 0.5) is 5.69 Å². The first-order chi connectivity index (χ1) is 11.2. The molecule has 0 aliphatic carbocycles. The molecule has 0 radical (unpaired) electrons. The lowest BCUT2D eigenvalue weighted by molar-refractivity contribution is -0.113. The van der Waals surface area contributed by atoms with E-state index in [4.69, 9.17) is 11.6 Å². The second-order valence-corrected chi connectivity index (χ2v) is 7.23. The van der Waals surface area contributed by atoms with Crippen LogP contribution in [0, 0.1) is 0 Å². The molecule has 116 valence electrons. The first-order valence-electron chi connectivity index (χ1n) is 6.90. The number of anilines is 1. The van der Waals surface area contributed by atoms with Crippen LogP contribution < -0.4 is 5.32 Å². The number of nitrogens with one attached hydrogen (secondary N) is 1. The van der Waals surface area contributed by atoms with Crippen molar-refractivity contribution in [1.29, 1.82) is 0 Å². The Morgan fingerprint density at radius 2 is 1.87 bits per heavy atom. The van der Waals surface area contributed by atoms with Gasteiger partial charge in [0.1, 0.15) is 0 Å². The lowest BCUT2D eigenvalue weighted by Gasteiger charge is -2.03. The van der Waals surface area contributed by atoms with Gasteiger partial charge >= 0.3 is 0 Å². The van der Waals surface area contributed by atoms with Crippen molar-refractivity contribution >= 4 is 46.3 Å². The molecule has 0 saturated carbocycles. The number of thiazole rings is 1. The highest BCUT2D eigenvalue weighted by molar-refractivity contribution is 8.01. The molecule has 1 heterocycles. The Hall–Kier alpha value is -1.82. The van der Waals surface area contributed by atoms with E-state index in [-0.39, 0.29) is 5.91 Å². The van der Waals surface area contributed by atoms with E-state index in [9.17, 15) is 4.79 Å². The zero-order chi connectivity index (χ0) is 16.1. The summed E-state index contributed by atoms with van der Waals surface area (Å²) in [5, 5.41) is 5.55. The van der Waals surface area contributed by atoms with E-state index >= 15 is 0 Å². The maximum Gasteiger partial charge on any atom is 0.234 e. The summed E-state index contributed by atoms with van der Waals surface area (Å²) in [4.78, 5) is 16.5. The predicted molar refractivity (Wildman–Crippen MR) is 98.4 cm³/mol. The van der Waals surface area contributed by atoms with Crippen molar-refractivity contribution in [1.82, 2.24) is 4.98 Å². The van der Waals surface area contributed by atoms with E-state index in [1.165, 1.54) is 23.1 Å². The Morgan fingerprint density at radius 1 is 1.13 bits per heavy atom. The molecule has 2 aromatic carbocycles. The molecule has 0 atom stereocenters. The van der Waals surface area contributed by atoms with Gasteiger partial charge in [-0.25, -0.2) is 4.98 Å². The van der Waals surface area contributed by atoms with Crippen LogP contribution in [0.5, 0.6) is 0 Å². The first kappa shape index (κ1) is 16.1. The lowest BCUT2D eigenvalue weighted by atomic mass is 10.2. The SMILES string of the molecule is O=C(CSc1nc(-c2ccc(Cl)cc2)cs1)Nc1ccccc1. The molecular weight excluding hydrogens is 348 g/mol. The summed E-state index contributed by atoms with van der Waals surface area (Å²) in [7, 11) is 0. The quantitative estimate of drug-likeness (QED) is 0.636. The fourth-order valence-electron chi connectivity index (χ4n) is 1.92. The van der Waals surface area contributed by atoms with Crippen molar-refractivity contribution in [3.8, 4) is 11.3 Å². The molecule has 0 aliphatic heterocycles. The van der Waals surface area contributed by atoms with Gasteiger partial charge in [-0.05, 0) is 24.3 Å². The fraction of sp³-hybridized carbons (Fsp3) is 0.0588. The van der Waals surface area contributed by atoms with Gasteiger partial charge in [-0.2, -0.15) is 0 Å². The number of halogens is 1. The third-order valence-corrected chi connectivity index (χ3v) is 5.28. The summed E-state index contributed by atoms with van der Waals surface area (Å²) in [6, 6.07) is 17.0. The van der Waals surface area contributed by atoms with Gasteiger partial charge in [0.2, 0.25) is 5.91 Å². The molecule has 1 amide bonds. The van der Waals surface area contributed by atoms with Crippen LogP contribution in [0.3, 0.4) is 0 Å². The minimum absolute atomic E-state index is 0.0376. The van der Waals surface area contributed by atoms with Gasteiger partial charge in [0, 0.05) is 21.7 Å². The molecule has 0 saturated heterocycles. The number of amides is 1. The highest BCUT2D eigenvalue weighted by Crippen LogP contribution is 2.28. The molecular formula is C17H13ClN2OS2. The second-order valence-electron chi connectivity index (χ2n) is 4.71. The van der Waals surface area contributed by atoms with Crippen LogP contribution in [-0.2, 0) is 4.79 Å². The zero-order valence-corrected chi connectivity index (χ0v) is 14.4. The number of hydrogen-bond donors (Lipinski definition) is 1. The summed E-state index contributed by atoms with van der Waals surface area (Å²) in [6.07, 6.45) is 0. The molecule has 0 aliphatic rings. The number of rotatable bonds is 5. The number of carbonyl (C=O) groups is 1. The van der Waals surface area contributed by atoms with Crippen molar-refractivity contribution in [3.05, 3.63) is 65.0 Å². The van der Waals surface area contributed by atoms with Crippen molar-refractivity contribution in [2.45, 2.75) is 4.34 Å². The van der Waals surface area contributed by atoms with E-state index in [1.54, 1.807) is 0 Å². The molecule has 0 spiro atoms. The summed E-state index contributed by atoms with van der Waals surface area (Å²) < 4.78 is 0.873. The summed E-state index contributed by atoms with van der Waals surface area (Å²) >= 11 is 8.86. The predicted octanol–water partition coefficient (Wildman–Crippen LogP) is 5.19. The van der Waals surface area contributed by atoms with Crippen LogP contribution in [0.25, 0.3) is 11.3 Å². The lowest BCUT2D eigenvalue weighted by Crippen LogP contribution is -2.13. The van der Waals surface area contributed by atoms with Gasteiger partial charge < -0.3 is 5.32 Å². The van der Waals surface area contributed by atoms with Crippen molar-refractivity contribution in [2.75, 3.05) is 11.1 Å². The minimum atomic E-state index is -0.0376. The van der Waals surface area contributed by atoms with Crippen molar-refractivity contribution in [2.24, 2.45) is 0 Å². The highest BCUT2D eigenvalue weighted by Gasteiger charge is 2.08. The topological polar surface area (TPSA) is 42.0 Å². The third-order valence-electron chi connectivity index (χ3n) is 3.01. The summed E-state index contributed by atoms with van der Waals surface area (Å²) in [6.45, 7) is 0. The average molecular weight is 361 g/mol. The van der Waals surface area contributed by atoms with Gasteiger partial charge in [-0.3, -0.25) is 4.79 Å². The number of thioether (sulfide) groups is 1. The monoisotopic (exact) mass is 360 g/mol. The van der Waals surface area contributed by atoms with Crippen LogP contribution in [0.1, 0.15) is 0 Å². The van der Waals surface area contributed by atoms with E-state index in [2.05, 4.69) is 10.3 Å². The molecule has 1 aromatic heterocycles. The van der Waals surface area contributed by atoms with Crippen molar-refractivity contribution in [3.63, 3.8) is 0 Å². The Labute approximate surface area is 147 Å². The van der Waals surface area contributed by atoms with Gasteiger partial charge in [-0.1, -0.05) is 53.7 Å². The van der Waals surface area contributed by atoms with Gasteiger partial charge in [0.25, 0.3) is 0 Å². The Kier molecular flexibility index (Phi) is 5.33. The number of para-hydroxylation sites is 1. The Balaban J connectivity index is 1.57. The highest BCUT2D eigenvalue weighted by atomic mass is 35.5. The number of hydrogen-bond acceptors (Lipinski definition) is 4. The van der Waals surface area contributed by atoms with Crippen LogP contribution in [0.2, 0.25) is 5.02 Å². The van der Waals surface area contributed by atoms with E-state index in [0.717, 1.165) is 21.3 Å².